The van der Waals surface area contributed by atoms with Crippen LogP contribution >= 0.6 is 0 Å². The normalized spacial score (nSPS) is 18.3. The Kier molecular flexibility index (Phi) is 6.93. The summed E-state index contributed by atoms with van der Waals surface area (Å²) >= 11 is 0. The zero-order valence-electron chi connectivity index (χ0n) is 20.6. The van der Waals surface area contributed by atoms with E-state index in [2.05, 4.69) is 10.6 Å². The lowest BCUT2D eigenvalue weighted by atomic mass is 9.91. The van der Waals surface area contributed by atoms with Crippen LogP contribution in [0.4, 0.5) is 11.8 Å². The van der Waals surface area contributed by atoms with E-state index >= 15 is 0 Å². The number of hydrogen-bond acceptors (Lipinski definition) is 7. The molecule has 0 saturated heterocycles. The second-order valence-electron chi connectivity index (χ2n) is 9.47. The number of anilines is 2. The summed E-state index contributed by atoms with van der Waals surface area (Å²) in [4.78, 5) is 11.8. The average molecular weight is 505 g/mol. The first-order valence-corrected chi connectivity index (χ1v) is 13.8. The van der Waals surface area contributed by atoms with Crippen LogP contribution in [-0.2, 0) is 16.6 Å². The molecule has 8 nitrogen and oxygen atoms in total. The van der Waals surface area contributed by atoms with Crippen LogP contribution in [0.5, 0.6) is 0 Å². The zero-order chi connectivity index (χ0) is 25.1. The third-order valence-electron chi connectivity index (χ3n) is 6.73. The Labute approximate surface area is 212 Å². The average Bonchev–Trinajstić information content (AvgIpc) is 3.38. The highest BCUT2D eigenvalue weighted by Crippen LogP contribution is 2.26. The summed E-state index contributed by atoms with van der Waals surface area (Å²) in [6.45, 7) is 0.502. The predicted molar refractivity (Wildman–Crippen MR) is 144 cm³/mol. The van der Waals surface area contributed by atoms with Crippen LogP contribution in [0.25, 0.3) is 10.9 Å². The number of nitrogens with one attached hydrogen (secondary N) is 2. The van der Waals surface area contributed by atoms with E-state index in [-0.39, 0.29) is 0 Å². The van der Waals surface area contributed by atoms with Crippen LogP contribution in [0.2, 0.25) is 0 Å². The van der Waals surface area contributed by atoms with Crippen molar-refractivity contribution in [1.29, 1.82) is 0 Å². The summed E-state index contributed by atoms with van der Waals surface area (Å²) in [6, 6.07) is 20.9. The molecule has 188 valence electrons. The number of aromatic nitrogens is 3. The van der Waals surface area contributed by atoms with Gasteiger partial charge in [0, 0.05) is 50.0 Å². The Morgan fingerprint density at radius 1 is 0.889 bits per heavy atom. The van der Waals surface area contributed by atoms with Crippen LogP contribution in [0.1, 0.15) is 31.4 Å². The molecular weight excluding hydrogens is 472 g/mol. The van der Waals surface area contributed by atoms with E-state index in [9.17, 15) is 8.42 Å². The van der Waals surface area contributed by atoms with E-state index < -0.39 is 10.0 Å². The molecule has 0 aliphatic heterocycles. The van der Waals surface area contributed by atoms with E-state index in [1.807, 2.05) is 55.4 Å². The molecule has 36 heavy (non-hydrogen) atoms. The largest absolute Gasteiger partial charge is 0.362 e. The molecule has 0 radical (unpaired) electrons. The van der Waals surface area contributed by atoms with Gasteiger partial charge in [0.15, 0.2) is 0 Å². The van der Waals surface area contributed by atoms with Crippen molar-refractivity contribution >= 4 is 32.7 Å². The molecule has 0 atom stereocenters. The molecule has 5 rings (SSSR count). The van der Waals surface area contributed by atoms with E-state index in [1.54, 1.807) is 36.5 Å². The van der Waals surface area contributed by atoms with E-state index in [0.29, 0.717) is 29.5 Å². The van der Waals surface area contributed by atoms with Gasteiger partial charge in [0.05, 0.1) is 10.4 Å². The Hall–Kier alpha value is -3.43. The first-order chi connectivity index (χ1) is 17.4. The maximum atomic E-state index is 13.0. The third-order valence-corrected chi connectivity index (χ3v) is 8.47. The number of nitrogens with zero attached hydrogens (tertiary/aromatic N) is 4. The van der Waals surface area contributed by atoms with Crippen LogP contribution in [0.3, 0.4) is 0 Å². The van der Waals surface area contributed by atoms with E-state index in [1.165, 1.54) is 3.97 Å². The summed E-state index contributed by atoms with van der Waals surface area (Å²) in [5.74, 6) is 1.57. The Morgan fingerprint density at radius 2 is 1.58 bits per heavy atom. The van der Waals surface area contributed by atoms with Crippen LogP contribution < -0.4 is 15.5 Å². The molecule has 0 unspecified atom stereocenters. The first-order valence-electron chi connectivity index (χ1n) is 12.3. The molecule has 1 fully saturated rings. The number of hydrogen-bond donors (Lipinski definition) is 2. The predicted octanol–water partition coefficient (Wildman–Crippen LogP) is 4.25. The number of rotatable bonds is 8. The molecule has 0 spiro atoms. The second-order valence-corrected chi connectivity index (χ2v) is 11.3. The molecule has 4 aromatic rings. The van der Waals surface area contributed by atoms with Crippen molar-refractivity contribution in [2.45, 2.75) is 49.2 Å². The lowest BCUT2D eigenvalue weighted by Gasteiger charge is -2.30. The summed E-state index contributed by atoms with van der Waals surface area (Å²) in [5.41, 5.74) is 1.67. The minimum absolute atomic E-state index is 0.294. The quantitative estimate of drug-likeness (QED) is 0.371. The summed E-state index contributed by atoms with van der Waals surface area (Å²) in [5, 5.41) is 8.16. The molecule has 0 amide bonds. The maximum absolute atomic E-state index is 13.0. The Morgan fingerprint density at radius 3 is 2.33 bits per heavy atom. The Bertz CT molecular complexity index is 1430. The van der Waals surface area contributed by atoms with Gasteiger partial charge in [0.25, 0.3) is 10.0 Å². The molecular formula is C27H32N6O2S. The smallest absolute Gasteiger partial charge is 0.267 e. The summed E-state index contributed by atoms with van der Waals surface area (Å²) in [6.07, 6.45) is 5.60. The molecule has 2 heterocycles. The fraction of sp³-hybridized carbons (Fsp3) is 0.333. The highest BCUT2D eigenvalue weighted by Gasteiger charge is 2.24. The van der Waals surface area contributed by atoms with Gasteiger partial charge in [-0.15, -0.1) is 0 Å². The van der Waals surface area contributed by atoms with E-state index in [0.717, 1.165) is 48.1 Å². The topological polar surface area (TPSA) is 92.2 Å². The monoisotopic (exact) mass is 504 g/mol. The van der Waals surface area contributed by atoms with Gasteiger partial charge in [-0.2, -0.15) is 4.98 Å². The van der Waals surface area contributed by atoms with Gasteiger partial charge in [0.1, 0.15) is 5.82 Å². The fourth-order valence-corrected chi connectivity index (χ4v) is 6.21. The maximum Gasteiger partial charge on any atom is 0.267 e. The minimum Gasteiger partial charge on any atom is -0.362 e. The number of benzene rings is 2. The molecule has 1 aliphatic rings. The molecule has 1 saturated carbocycles. The second kappa shape index (κ2) is 10.3. The van der Waals surface area contributed by atoms with Gasteiger partial charge >= 0.3 is 0 Å². The van der Waals surface area contributed by atoms with Gasteiger partial charge in [-0.05, 0) is 62.1 Å². The molecule has 1 aliphatic carbocycles. The highest BCUT2D eigenvalue weighted by atomic mass is 32.2. The number of fused-ring (bicyclic) bond motifs is 1. The third kappa shape index (κ3) is 5.08. The van der Waals surface area contributed by atoms with Crippen LogP contribution in [0.15, 0.2) is 77.8 Å². The van der Waals surface area contributed by atoms with Crippen molar-refractivity contribution in [1.82, 2.24) is 19.3 Å². The first kappa shape index (κ1) is 24.3. The van der Waals surface area contributed by atoms with Crippen LogP contribution in [0, 0.1) is 0 Å². The van der Waals surface area contributed by atoms with Crippen LogP contribution in [-0.4, -0.2) is 48.5 Å². The van der Waals surface area contributed by atoms with Crippen molar-refractivity contribution in [3.63, 3.8) is 0 Å². The van der Waals surface area contributed by atoms with Crippen molar-refractivity contribution in [2.75, 3.05) is 24.3 Å². The molecule has 2 N–H and O–H groups in total. The summed E-state index contributed by atoms with van der Waals surface area (Å²) < 4.78 is 27.5. The fourth-order valence-electron chi connectivity index (χ4n) is 4.82. The lowest BCUT2D eigenvalue weighted by molar-refractivity contribution is 0.350. The van der Waals surface area contributed by atoms with Crippen molar-refractivity contribution in [2.24, 2.45) is 0 Å². The van der Waals surface area contributed by atoms with Gasteiger partial charge in [-0.3, -0.25) is 0 Å². The van der Waals surface area contributed by atoms with Gasteiger partial charge in [-0.1, -0.05) is 30.3 Å². The van der Waals surface area contributed by atoms with Gasteiger partial charge in [-0.25, -0.2) is 17.4 Å². The molecule has 2 aromatic carbocycles. The SMILES string of the molecule is CN(C)c1nc(NC2CCC(NCc3cccn3S(=O)(=O)c3ccccc3)CC2)nc2ccccc12. The minimum atomic E-state index is -3.60. The van der Waals surface area contributed by atoms with Crippen molar-refractivity contribution < 1.29 is 8.42 Å². The van der Waals surface area contributed by atoms with E-state index in [4.69, 9.17) is 9.97 Å². The van der Waals surface area contributed by atoms with Gasteiger partial charge < -0.3 is 15.5 Å². The molecule has 0 bridgehead atoms. The van der Waals surface area contributed by atoms with Gasteiger partial charge in [0.2, 0.25) is 5.95 Å². The Balaban J connectivity index is 1.19. The zero-order valence-corrected chi connectivity index (χ0v) is 21.4. The molecule has 9 heteroatoms. The number of para-hydroxylation sites is 1. The standard InChI is InChI=1S/C27H32N6O2S/c1-32(2)26-24-12-6-7-13-25(24)30-27(31-26)29-21-16-14-20(15-17-21)28-19-22-9-8-18-33(22)36(34,35)23-10-4-3-5-11-23/h3-13,18,20-21,28H,14-17,19H2,1-2H3,(H,29,30,31). The summed E-state index contributed by atoms with van der Waals surface area (Å²) in [7, 11) is 0.395. The van der Waals surface area contributed by atoms with Crippen molar-refractivity contribution in [3.05, 3.63) is 78.6 Å². The lowest BCUT2D eigenvalue weighted by Crippen LogP contribution is -2.37. The van der Waals surface area contributed by atoms with Crippen molar-refractivity contribution in [3.8, 4) is 0 Å². The highest BCUT2D eigenvalue weighted by molar-refractivity contribution is 7.90. The molecule has 2 aromatic heterocycles.